The van der Waals surface area contributed by atoms with Crippen LogP contribution in [0.15, 0.2) is 97.1 Å². The molecule has 0 saturated heterocycles. The molecule has 194 valence electrons. The van der Waals surface area contributed by atoms with Crippen molar-refractivity contribution in [3.05, 3.63) is 125 Å². The van der Waals surface area contributed by atoms with Crippen LogP contribution in [-0.4, -0.2) is 33.7 Å². The summed E-state index contributed by atoms with van der Waals surface area (Å²) in [6.07, 6.45) is 0. The zero-order valence-electron chi connectivity index (χ0n) is 21.8. The van der Waals surface area contributed by atoms with E-state index in [-0.39, 0.29) is 11.3 Å². The number of para-hydroxylation sites is 1. The van der Waals surface area contributed by atoms with E-state index < -0.39 is 5.97 Å². The van der Waals surface area contributed by atoms with Crippen molar-refractivity contribution in [3.8, 4) is 22.6 Å². The molecule has 0 aliphatic carbocycles. The molecule has 0 saturated carbocycles. The summed E-state index contributed by atoms with van der Waals surface area (Å²) in [5, 5.41) is 18.1. The summed E-state index contributed by atoms with van der Waals surface area (Å²) in [6.45, 7) is 3.90. The van der Waals surface area contributed by atoms with Gasteiger partial charge in [0.1, 0.15) is 11.6 Å². The normalized spacial score (nSPS) is 10.7. The average Bonchev–Trinajstić information content (AvgIpc) is 3.28. The second kappa shape index (κ2) is 10.7. The van der Waals surface area contributed by atoms with Gasteiger partial charge >= 0.3 is 5.97 Å². The fourth-order valence-electron chi connectivity index (χ4n) is 4.57. The fourth-order valence-corrected chi connectivity index (χ4v) is 4.57. The first-order chi connectivity index (χ1) is 18.9. The molecule has 0 radical (unpaired) electrons. The van der Waals surface area contributed by atoms with Gasteiger partial charge in [-0.1, -0.05) is 72.8 Å². The molecule has 4 aromatic carbocycles. The van der Waals surface area contributed by atoms with Gasteiger partial charge in [0, 0.05) is 16.7 Å². The molecule has 2 N–H and O–H groups in total. The van der Waals surface area contributed by atoms with E-state index in [1.807, 2.05) is 68.4 Å². The molecule has 0 atom stereocenters. The zero-order valence-corrected chi connectivity index (χ0v) is 21.8. The van der Waals surface area contributed by atoms with Crippen LogP contribution >= 0.6 is 0 Å². The molecule has 0 aliphatic heterocycles. The van der Waals surface area contributed by atoms with Crippen molar-refractivity contribution in [1.29, 1.82) is 0 Å². The van der Waals surface area contributed by atoms with Gasteiger partial charge in [-0.3, -0.25) is 4.79 Å². The summed E-state index contributed by atoms with van der Waals surface area (Å²) >= 11 is 0. The molecule has 0 bridgehead atoms. The Morgan fingerprint density at radius 2 is 1.51 bits per heavy atom. The van der Waals surface area contributed by atoms with Crippen LogP contribution in [0.1, 0.15) is 37.5 Å². The summed E-state index contributed by atoms with van der Waals surface area (Å²) < 4.78 is 7.03. The van der Waals surface area contributed by atoms with Gasteiger partial charge in [-0.15, -0.1) is 0 Å². The van der Waals surface area contributed by atoms with Crippen LogP contribution in [0.4, 0.5) is 11.5 Å². The van der Waals surface area contributed by atoms with Gasteiger partial charge in [-0.25, -0.2) is 9.48 Å². The highest BCUT2D eigenvalue weighted by molar-refractivity contribution is 6.09. The van der Waals surface area contributed by atoms with Crippen molar-refractivity contribution in [2.24, 2.45) is 0 Å². The molecule has 0 aliphatic rings. The van der Waals surface area contributed by atoms with E-state index in [1.165, 1.54) is 13.2 Å². The first-order valence-electron chi connectivity index (χ1n) is 12.4. The fraction of sp³-hybridized carbons (Fsp3) is 0.0938. The van der Waals surface area contributed by atoms with Crippen LogP contribution in [0.25, 0.3) is 16.8 Å². The largest absolute Gasteiger partial charge is 0.497 e. The van der Waals surface area contributed by atoms with Crippen molar-refractivity contribution < 1.29 is 19.4 Å². The third-order valence-corrected chi connectivity index (χ3v) is 6.59. The molecule has 7 heteroatoms. The molecular weight excluding hydrogens is 490 g/mol. The lowest BCUT2D eigenvalue weighted by atomic mass is 9.99. The lowest BCUT2D eigenvalue weighted by Gasteiger charge is -2.16. The van der Waals surface area contributed by atoms with E-state index >= 15 is 0 Å². The standard InChI is InChI=1S/C32H27N3O4/c1-20-9-7-8-12-28(20)35-31(33-27-18-17-25(39-3)19-26(27)32(37)38)29(21(2)34-35)22-13-15-24(16-14-22)30(36)23-10-5-4-6-11-23/h4-19,33H,1-3H3,(H,37,38). The van der Waals surface area contributed by atoms with Crippen LogP contribution in [-0.2, 0) is 0 Å². The van der Waals surface area contributed by atoms with Gasteiger partial charge < -0.3 is 15.2 Å². The Morgan fingerprint density at radius 1 is 0.846 bits per heavy atom. The molecule has 0 amide bonds. The minimum Gasteiger partial charge on any atom is -0.497 e. The summed E-state index contributed by atoms with van der Waals surface area (Å²) in [4.78, 5) is 25.1. The summed E-state index contributed by atoms with van der Waals surface area (Å²) in [5.74, 6) is -0.0883. The van der Waals surface area contributed by atoms with Gasteiger partial charge in [0.15, 0.2) is 5.78 Å². The number of benzene rings is 4. The van der Waals surface area contributed by atoms with Crippen LogP contribution in [0.3, 0.4) is 0 Å². The summed E-state index contributed by atoms with van der Waals surface area (Å²) in [7, 11) is 1.50. The molecular formula is C32H27N3O4. The lowest BCUT2D eigenvalue weighted by Crippen LogP contribution is -2.08. The van der Waals surface area contributed by atoms with E-state index in [4.69, 9.17) is 9.84 Å². The number of nitrogens with zero attached hydrogens (tertiary/aromatic N) is 2. The molecule has 0 spiro atoms. The Balaban J connectivity index is 1.64. The number of carbonyl (C=O) groups is 2. The number of carboxylic acid groups (broad SMARTS) is 1. The van der Waals surface area contributed by atoms with Crippen molar-refractivity contribution in [2.45, 2.75) is 13.8 Å². The summed E-state index contributed by atoms with van der Waals surface area (Å²) in [5.41, 5.74) is 5.91. The maximum Gasteiger partial charge on any atom is 0.337 e. The summed E-state index contributed by atoms with van der Waals surface area (Å²) in [6, 6.07) is 29.2. The molecule has 7 nitrogen and oxygen atoms in total. The number of anilines is 2. The van der Waals surface area contributed by atoms with E-state index in [9.17, 15) is 14.7 Å². The Bertz CT molecular complexity index is 1670. The molecule has 1 aromatic heterocycles. The Labute approximate surface area is 226 Å². The number of hydrogen-bond donors (Lipinski definition) is 2. The third-order valence-electron chi connectivity index (χ3n) is 6.59. The molecule has 39 heavy (non-hydrogen) atoms. The lowest BCUT2D eigenvalue weighted by molar-refractivity contribution is 0.0697. The zero-order chi connectivity index (χ0) is 27.5. The second-order valence-electron chi connectivity index (χ2n) is 9.12. The predicted molar refractivity (Wildman–Crippen MR) is 152 cm³/mol. The van der Waals surface area contributed by atoms with E-state index in [1.54, 1.807) is 41.1 Å². The number of ketones is 1. The Hall–Kier alpha value is -5.17. The topological polar surface area (TPSA) is 93.5 Å². The minimum absolute atomic E-state index is 0.0582. The maximum atomic E-state index is 13.0. The van der Waals surface area contributed by atoms with Gasteiger partial charge in [0.2, 0.25) is 0 Å². The number of aromatic nitrogens is 2. The van der Waals surface area contributed by atoms with Crippen molar-refractivity contribution in [3.63, 3.8) is 0 Å². The maximum absolute atomic E-state index is 13.0. The van der Waals surface area contributed by atoms with E-state index in [0.717, 1.165) is 28.1 Å². The Morgan fingerprint density at radius 3 is 2.18 bits per heavy atom. The highest BCUT2D eigenvalue weighted by atomic mass is 16.5. The molecule has 5 aromatic rings. The number of aryl methyl sites for hydroxylation is 2. The molecule has 5 rings (SSSR count). The number of hydrogen-bond acceptors (Lipinski definition) is 5. The van der Waals surface area contributed by atoms with Gasteiger partial charge in [-0.2, -0.15) is 5.10 Å². The van der Waals surface area contributed by atoms with Gasteiger partial charge in [-0.05, 0) is 49.2 Å². The van der Waals surface area contributed by atoms with Crippen LogP contribution in [0.2, 0.25) is 0 Å². The van der Waals surface area contributed by atoms with Crippen LogP contribution in [0.5, 0.6) is 5.75 Å². The van der Waals surface area contributed by atoms with Crippen LogP contribution in [0, 0.1) is 13.8 Å². The van der Waals surface area contributed by atoms with Crippen molar-refractivity contribution >= 4 is 23.3 Å². The van der Waals surface area contributed by atoms with Crippen molar-refractivity contribution in [1.82, 2.24) is 9.78 Å². The van der Waals surface area contributed by atoms with Gasteiger partial charge in [0.05, 0.1) is 29.7 Å². The monoisotopic (exact) mass is 517 g/mol. The second-order valence-corrected chi connectivity index (χ2v) is 9.12. The molecule has 0 unspecified atom stereocenters. The number of carboxylic acids is 1. The van der Waals surface area contributed by atoms with Crippen LogP contribution < -0.4 is 10.1 Å². The third kappa shape index (κ3) is 5.02. The van der Waals surface area contributed by atoms with Gasteiger partial charge in [0.25, 0.3) is 0 Å². The predicted octanol–water partition coefficient (Wildman–Crippen LogP) is 6.84. The highest BCUT2D eigenvalue weighted by Crippen LogP contribution is 2.37. The van der Waals surface area contributed by atoms with E-state index in [2.05, 4.69) is 5.32 Å². The molecule has 1 heterocycles. The first kappa shape index (κ1) is 25.5. The highest BCUT2D eigenvalue weighted by Gasteiger charge is 2.22. The van der Waals surface area contributed by atoms with E-state index in [0.29, 0.717) is 28.4 Å². The molecule has 0 fully saturated rings. The number of carbonyl (C=O) groups excluding carboxylic acids is 1. The quantitative estimate of drug-likeness (QED) is 0.219. The van der Waals surface area contributed by atoms with Crippen molar-refractivity contribution in [2.75, 3.05) is 12.4 Å². The first-order valence-corrected chi connectivity index (χ1v) is 12.4. The number of ether oxygens (including phenoxy) is 1. The SMILES string of the molecule is COc1ccc(Nc2c(-c3ccc(C(=O)c4ccccc4)cc3)c(C)nn2-c2ccccc2C)c(C(=O)O)c1. The number of methoxy groups -OCH3 is 1. The Kier molecular flexibility index (Phi) is 6.97. The number of aromatic carboxylic acids is 1. The smallest absolute Gasteiger partial charge is 0.337 e. The number of rotatable bonds is 8. The number of nitrogens with one attached hydrogen (secondary N) is 1. The minimum atomic E-state index is -1.08. The average molecular weight is 518 g/mol.